The van der Waals surface area contributed by atoms with Gasteiger partial charge in [0, 0.05) is 11.8 Å². The van der Waals surface area contributed by atoms with Crippen LogP contribution in [0, 0.1) is 6.92 Å². The molecule has 0 saturated carbocycles. The number of aryl methyl sites for hydroxylation is 1. The molecule has 0 aliphatic heterocycles. The average molecular weight is 234 g/mol. The summed E-state index contributed by atoms with van der Waals surface area (Å²) in [6, 6.07) is 18.7. The van der Waals surface area contributed by atoms with Crippen molar-refractivity contribution >= 4 is 0 Å². The first-order chi connectivity index (χ1) is 8.84. The Morgan fingerprint density at radius 3 is 2.17 bits per heavy atom. The lowest BCUT2D eigenvalue weighted by molar-refractivity contribution is 1.15. The summed E-state index contributed by atoms with van der Waals surface area (Å²) >= 11 is 0. The lowest BCUT2D eigenvalue weighted by atomic mass is 9.98. The van der Waals surface area contributed by atoms with Gasteiger partial charge >= 0.3 is 0 Å². The van der Waals surface area contributed by atoms with Gasteiger partial charge in [-0.15, -0.1) is 0 Å². The molecule has 3 rings (SSSR count). The summed E-state index contributed by atoms with van der Waals surface area (Å²) in [6.07, 6.45) is 1.96. The second-order valence-corrected chi connectivity index (χ2v) is 4.28. The number of nitrogens with one attached hydrogen (secondary N) is 1. The Labute approximate surface area is 106 Å². The van der Waals surface area contributed by atoms with Gasteiger partial charge in [0.15, 0.2) is 0 Å². The molecule has 1 heterocycles. The zero-order valence-electron chi connectivity index (χ0n) is 10.2. The molecule has 0 aliphatic carbocycles. The Hall–Kier alpha value is -2.35. The quantitative estimate of drug-likeness (QED) is 0.712. The minimum absolute atomic E-state index is 0.938. The second kappa shape index (κ2) is 4.49. The first kappa shape index (κ1) is 10.8. The van der Waals surface area contributed by atoms with E-state index >= 15 is 0 Å². The predicted octanol–water partition coefficient (Wildman–Crippen LogP) is 4.05. The standard InChI is InChI=1S/C16H14N2/c1-12-17-11-16(18-12)15-10-6-5-9-14(15)13-7-3-2-4-8-13/h2-11H,1H3,(H,17,18). The third-order valence-electron chi connectivity index (χ3n) is 2.99. The summed E-state index contributed by atoms with van der Waals surface area (Å²) in [6.45, 7) is 1.97. The highest BCUT2D eigenvalue weighted by atomic mass is 14.9. The van der Waals surface area contributed by atoms with Crippen LogP contribution in [0.25, 0.3) is 22.4 Å². The molecule has 3 aromatic rings. The van der Waals surface area contributed by atoms with Crippen molar-refractivity contribution < 1.29 is 0 Å². The number of rotatable bonds is 2. The molecule has 18 heavy (non-hydrogen) atoms. The molecular weight excluding hydrogens is 220 g/mol. The van der Waals surface area contributed by atoms with Gasteiger partial charge in [0.2, 0.25) is 0 Å². The molecule has 0 saturated heterocycles. The number of H-pyrrole nitrogens is 1. The zero-order valence-corrected chi connectivity index (χ0v) is 10.2. The second-order valence-electron chi connectivity index (χ2n) is 4.28. The zero-order chi connectivity index (χ0) is 12.4. The van der Waals surface area contributed by atoms with E-state index in [4.69, 9.17) is 0 Å². The topological polar surface area (TPSA) is 28.7 Å². The third-order valence-corrected chi connectivity index (χ3v) is 2.99. The fourth-order valence-electron chi connectivity index (χ4n) is 2.13. The molecule has 1 aromatic heterocycles. The smallest absolute Gasteiger partial charge is 0.103 e. The van der Waals surface area contributed by atoms with Gasteiger partial charge in [-0.05, 0) is 18.1 Å². The fourth-order valence-corrected chi connectivity index (χ4v) is 2.13. The Balaban J connectivity index is 2.17. The van der Waals surface area contributed by atoms with E-state index in [1.807, 2.05) is 25.3 Å². The maximum absolute atomic E-state index is 4.51. The van der Waals surface area contributed by atoms with E-state index in [1.165, 1.54) is 11.1 Å². The molecule has 0 amide bonds. The van der Waals surface area contributed by atoms with Crippen LogP contribution in [0.3, 0.4) is 0 Å². The van der Waals surface area contributed by atoms with E-state index in [2.05, 4.69) is 52.4 Å². The van der Waals surface area contributed by atoms with Crippen molar-refractivity contribution in [1.29, 1.82) is 0 Å². The maximum atomic E-state index is 4.51. The van der Waals surface area contributed by atoms with Crippen LogP contribution in [0.4, 0.5) is 0 Å². The number of imidazole rings is 1. The number of hydrogen-bond acceptors (Lipinski definition) is 1. The summed E-state index contributed by atoms with van der Waals surface area (Å²) in [5.41, 5.74) is 4.58. The van der Waals surface area contributed by atoms with E-state index in [9.17, 15) is 0 Å². The van der Waals surface area contributed by atoms with Crippen molar-refractivity contribution in [3.63, 3.8) is 0 Å². The van der Waals surface area contributed by atoms with Gasteiger partial charge in [0.1, 0.15) is 5.82 Å². The fraction of sp³-hybridized carbons (Fsp3) is 0.0625. The maximum Gasteiger partial charge on any atom is 0.103 e. The van der Waals surface area contributed by atoms with Crippen molar-refractivity contribution in [3.05, 3.63) is 66.6 Å². The molecule has 0 spiro atoms. The summed E-state index contributed by atoms with van der Waals surface area (Å²) in [5, 5.41) is 0. The van der Waals surface area contributed by atoms with Gasteiger partial charge < -0.3 is 4.98 Å². The molecule has 2 aromatic carbocycles. The van der Waals surface area contributed by atoms with E-state index in [-0.39, 0.29) is 0 Å². The van der Waals surface area contributed by atoms with E-state index in [0.29, 0.717) is 0 Å². The van der Waals surface area contributed by atoms with E-state index in [0.717, 1.165) is 17.1 Å². The van der Waals surface area contributed by atoms with Crippen molar-refractivity contribution in [2.45, 2.75) is 6.92 Å². The lowest BCUT2D eigenvalue weighted by Gasteiger charge is -2.07. The van der Waals surface area contributed by atoms with Crippen LogP contribution >= 0.6 is 0 Å². The molecule has 2 heteroatoms. The van der Waals surface area contributed by atoms with Crippen molar-refractivity contribution in [2.75, 3.05) is 0 Å². The van der Waals surface area contributed by atoms with Crippen LogP contribution in [0.15, 0.2) is 60.8 Å². The summed E-state index contributed by atoms with van der Waals surface area (Å²) in [5.74, 6) is 0.938. The van der Waals surface area contributed by atoms with Crippen molar-refractivity contribution in [1.82, 2.24) is 9.97 Å². The Bertz CT molecular complexity index is 654. The van der Waals surface area contributed by atoms with Crippen molar-refractivity contribution in [2.24, 2.45) is 0 Å². The summed E-state index contributed by atoms with van der Waals surface area (Å²) < 4.78 is 0. The number of hydrogen-bond donors (Lipinski definition) is 1. The third kappa shape index (κ3) is 1.93. The minimum Gasteiger partial charge on any atom is -0.348 e. The molecule has 0 fully saturated rings. The van der Waals surface area contributed by atoms with Gasteiger partial charge in [0.25, 0.3) is 0 Å². The van der Waals surface area contributed by atoms with Crippen LogP contribution in [0.1, 0.15) is 5.82 Å². The predicted molar refractivity (Wildman–Crippen MR) is 74.2 cm³/mol. The van der Waals surface area contributed by atoms with Crippen LogP contribution in [-0.4, -0.2) is 9.97 Å². The highest BCUT2D eigenvalue weighted by molar-refractivity contribution is 5.81. The number of nitrogens with zero attached hydrogens (tertiary/aromatic N) is 1. The van der Waals surface area contributed by atoms with Gasteiger partial charge in [0.05, 0.1) is 5.69 Å². The molecule has 0 radical (unpaired) electrons. The Kier molecular flexibility index (Phi) is 2.69. The molecule has 1 N–H and O–H groups in total. The normalized spacial score (nSPS) is 10.5. The molecule has 2 nitrogen and oxygen atoms in total. The minimum atomic E-state index is 0.938. The SMILES string of the molecule is Cc1nc(-c2ccccc2-c2ccccc2)c[nH]1. The van der Waals surface area contributed by atoms with Crippen LogP contribution < -0.4 is 0 Å². The lowest BCUT2D eigenvalue weighted by Crippen LogP contribution is -1.84. The van der Waals surface area contributed by atoms with Crippen LogP contribution in [0.2, 0.25) is 0 Å². The summed E-state index contributed by atoms with van der Waals surface area (Å²) in [7, 11) is 0. The molecular formula is C16H14N2. The molecule has 0 bridgehead atoms. The van der Waals surface area contributed by atoms with E-state index in [1.54, 1.807) is 0 Å². The van der Waals surface area contributed by atoms with Crippen molar-refractivity contribution in [3.8, 4) is 22.4 Å². The summed E-state index contributed by atoms with van der Waals surface area (Å²) in [4.78, 5) is 7.65. The molecule has 0 aliphatic rings. The largest absolute Gasteiger partial charge is 0.348 e. The van der Waals surface area contributed by atoms with Gasteiger partial charge in [-0.25, -0.2) is 4.98 Å². The van der Waals surface area contributed by atoms with Crippen LogP contribution in [0.5, 0.6) is 0 Å². The first-order valence-electron chi connectivity index (χ1n) is 6.01. The highest BCUT2D eigenvalue weighted by Gasteiger charge is 2.08. The van der Waals surface area contributed by atoms with E-state index < -0.39 is 0 Å². The molecule has 0 atom stereocenters. The van der Waals surface area contributed by atoms with Gasteiger partial charge in [-0.1, -0.05) is 54.6 Å². The van der Waals surface area contributed by atoms with Crippen LogP contribution in [-0.2, 0) is 0 Å². The molecule has 0 unspecified atom stereocenters. The molecule has 88 valence electrons. The Morgan fingerprint density at radius 2 is 1.50 bits per heavy atom. The highest BCUT2D eigenvalue weighted by Crippen LogP contribution is 2.30. The Morgan fingerprint density at radius 1 is 0.833 bits per heavy atom. The first-order valence-corrected chi connectivity index (χ1v) is 6.01. The monoisotopic (exact) mass is 234 g/mol. The number of benzene rings is 2. The number of aromatic nitrogens is 2. The van der Waals surface area contributed by atoms with Gasteiger partial charge in [-0.2, -0.15) is 0 Å². The number of aromatic amines is 1. The average Bonchev–Trinajstić information content (AvgIpc) is 2.86. The van der Waals surface area contributed by atoms with Gasteiger partial charge in [-0.3, -0.25) is 0 Å².